The molecule has 3 aromatic rings. The third-order valence-electron chi connectivity index (χ3n) is 3.16. The number of nitrogens with zero attached hydrogens (tertiary/aromatic N) is 3. The third-order valence-corrected chi connectivity index (χ3v) is 3.79. The number of halogens is 2. The molecule has 0 saturated heterocycles. The first-order chi connectivity index (χ1) is 11.9. The highest BCUT2D eigenvalue weighted by atomic mass is 35.5. The molecule has 7 nitrogen and oxygen atoms in total. The second kappa shape index (κ2) is 7.08. The Labute approximate surface area is 153 Å². The molecule has 0 spiro atoms. The van der Waals surface area contributed by atoms with Crippen LogP contribution in [0, 0.1) is 13.8 Å². The monoisotopic (exact) mass is 377 g/mol. The molecule has 0 unspecified atom stereocenters. The molecule has 0 radical (unpaired) electrons. The van der Waals surface area contributed by atoms with E-state index in [1.165, 1.54) is 0 Å². The maximum atomic E-state index is 12.5. The Balaban J connectivity index is 1.85. The maximum absolute atomic E-state index is 12.5. The van der Waals surface area contributed by atoms with Crippen LogP contribution in [0.5, 0.6) is 0 Å². The van der Waals surface area contributed by atoms with Gasteiger partial charge >= 0.3 is 0 Å². The van der Waals surface area contributed by atoms with Crippen LogP contribution in [-0.2, 0) is 0 Å². The fourth-order valence-electron chi connectivity index (χ4n) is 2.08. The van der Waals surface area contributed by atoms with Crippen molar-refractivity contribution >= 4 is 46.6 Å². The van der Waals surface area contributed by atoms with Crippen molar-refractivity contribution in [1.29, 1.82) is 0 Å². The minimum atomic E-state index is -0.458. The predicted molar refractivity (Wildman–Crippen MR) is 95.7 cm³/mol. The van der Waals surface area contributed by atoms with Gasteiger partial charge in [0.2, 0.25) is 5.95 Å². The third kappa shape index (κ3) is 4.07. The molecule has 1 aromatic carbocycles. The summed E-state index contributed by atoms with van der Waals surface area (Å²) >= 11 is 12.1. The molecule has 0 bridgehead atoms. The Bertz CT molecular complexity index is 922. The summed E-state index contributed by atoms with van der Waals surface area (Å²) in [7, 11) is 0. The van der Waals surface area contributed by atoms with Crippen LogP contribution in [0.25, 0.3) is 0 Å². The van der Waals surface area contributed by atoms with Crippen molar-refractivity contribution in [2.24, 2.45) is 0 Å². The summed E-state index contributed by atoms with van der Waals surface area (Å²) in [6.07, 6.45) is 0. The number of para-hydroxylation sites is 1. The number of aryl methyl sites for hydroxylation is 2. The number of nitrogens with one attached hydrogen (secondary N) is 2. The molecule has 128 valence electrons. The average molecular weight is 378 g/mol. The van der Waals surface area contributed by atoms with Gasteiger partial charge in [0.15, 0.2) is 5.82 Å². The maximum Gasteiger partial charge on any atom is 0.274 e. The van der Waals surface area contributed by atoms with Gasteiger partial charge in [-0.1, -0.05) is 34.4 Å². The molecule has 2 heterocycles. The number of anilines is 3. The summed E-state index contributed by atoms with van der Waals surface area (Å²) in [5.41, 5.74) is 1.09. The van der Waals surface area contributed by atoms with Crippen LogP contribution in [0.4, 0.5) is 17.5 Å². The van der Waals surface area contributed by atoms with E-state index in [-0.39, 0.29) is 11.6 Å². The van der Waals surface area contributed by atoms with E-state index < -0.39 is 5.91 Å². The summed E-state index contributed by atoms with van der Waals surface area (Å²) in [6.45, 7) is 3.52. The molecular weight excluding hydrogens is 365 g/mol. The molecule has 0 atom stereocenters. The quantitative estimate of drug-likeness (QED) is 0.700. The highest BCUT2D eigenvalue weighted by molar-refractivity contribution is 6.40. The van der Waals surface area contributed by atoms with Gasteiger partial charge in [-0.05, 0) is 32.0 Å². The van der Waals surface area contributed by atoms with Gasteiger partial charge in [0, 0.05) is 11.8 Å². The number of hydrogen-bond acceptors (Lipinski definition) is 6. The van der Waals surface area contributed by atoms with E-state index in [0.29, 0.717) is 33.0 Å². The van der Waals surface area contributed by atoms with Crippen LogP contribution >= 0.6 is 23.2 Å². The zero-order valence-corrected chi connectivity index (χ0v) is 14.8. The summed E-state index contributed by atoms with van der Waals surface area (Å²) in [5.74, 6) is 0.855. The lowest BCUT2D eigenvalue weighted by molar-refractivity contribution is 0.102. The topological polar surface area (TPSA) is 92.9 Å². The molecule has 2 aromatic heterocycles. The van der Waals surface area contributed by atoms with E-state index in [0.717, 1.165) is 0 Å². The SMILES string of the molecule is Cc1cc(C(=O)Nc2c(Cl)cccc2Cl)nc(Nc2cc(C)on2)n1. The van der Waals surface area contributed by atoms with Gasteiger partial charge in [0.25, 0.3) is 5.91 Å². The highest BCUT2D eigenvalue weighted by Crippen LogP contribution is 2.30. The van der Waals surface area contributed by atoms with Crippen LogP contribution in [-0.4, -0.2) is 21.0 Å². The Hall–Kier alpha value is -2.64. The van der Waals surface area contributed by atoms with Crippen LogP contribution < -0.4 is 10.6 Å². The number of amides is 1. The Morgan fingerprint density at radius 2 is 1.84 bits per heavy atom. The van der Waals surface area contributed by atoms with Gasteiger partial charge in [-0.3, -0.25) is 4.79 Å². The van der Waals surface area contributed by atoms with Crippen molar-refractivity contribution in [3.05, 3.63) is 57.5 Å². The predicted octanol–water partition coefficient (Wildman–Crippen LogP) is 4.38. The van der Waals surface area contributed by atoms with Crippen molar-refractivity contribution in [2.75, 3.05) is 10.6 Å². The lowest BCUT2D eigenvalue weighted by Crippen LogP contribution is -2.16. The minimum absolute atomic E-state index is 0.159. The molecule has 2 N–H and O–H groups in total. The summed E-state index contributed by atoms with van der Waals surface area (Å²) in [5, 5.41) is 10.0. The summed E-state index contributed by atoms with van der Waals surface area (Å²) in [4.78, 5) is 20.9. The molecule has 1 amide bonds. The Morgan fingerprint density at radius 1 is 1.12 bits per heavy atom. The smallest absolute Gasteiger partial charge is 0.274 e. The molecule has 0 aliphatic carbocycles. The second-order valence-corrected chi connectivity index (χ2v) is 6.03. The number of carbonyl (C=O) groups is 1. The first-order valence-corrected chi connectivity index (χ1v) is 7.99. The lowest BCUT2D eigenvalue weighted by atomic mass is 10.3. The molecule has 3 rings (SSSR count). The van der Waals surface area contributed by atoms with Crippen molar-refractivity contribution < 1.29 is 9.32 Å². The molecule has 0 aliphatic heterocycles. The van der Waals surface area contributed by atoms with Gasteiger partial charge in [-0.15, -0.1) is 0 Å². The molecule has 0 aliphatic rings. The normalized spacial score (nSPS) is 10.6. The van der Waals surface area contributed by atoms with E-state index in [9.17, 15) is 4.79 Å². The number of benzene rings is 1. The lowest BCUT2D eigenvalue weighted by Gasteiger charge is -2.10. The van der Waals surface area contributed by atoms with Crippen LogP contribution in [0.1, 0.15) is 21.9 Å². The molecule has 9 heteroatoms. The number of aromatic nitrogens is 3. The number of carbonyl (C=O) groups excluding carboxylic acids is 1. The van der Waals surface area contributed by atoms with Gasteiger partial charge in [0.1, 0.15) is 11.5 Å². The average Bonchev–Trinajstić information content (AvgIpc) is 2.95. The van der Waals surface area contributed by atoms with E-state index in [1.54, 1.807) is 44.2 Å². The Kier molecular flexibility index (Phi) is 4.87. The number of rotatable bonds is 4. The van der Waals surface area contributed by atoms with Crippen molar-refractivity contribution in [3.8, 4) is 0 Å². The summed E-state index contributed by atoms with van der Waals surface area (Å²) < 4.78 is 4.97. The first-order valence-electron chi connectivity index (χ1n) is 7.24. The van der Waals surface area contributed by atoms with E-state index in [4.69, 9.17) is 27.7 Å². The van der Waals surface area contributed by atoms with Crippen molar-refractivity contribution in [3.63, 3.8) is 0 Å². The fraction of sp³-hybridized carbons (Fsp3) is 0.125. The van der Waals surface area contributed by atoms with Gasteiger partial charge < -0.3 is 15.2 Å². The van der Waals surface area contributed by atoms with E-state index in [2.05, 4.69) is 25.8 Å². The molecular formula is C16H13Cl2N5O2. The van der Waals surface area contributed by atoms with E-state index in [1.807, 2.05) is 0 Å². The van der Waals surface area contributed by atoms with Crippen LogP contribution in [0.3, 0.4) is 0 Å². The first kappa shape index (κ1) is 17.2. The van der Waals surface area contributed by atoms with Crippen molar-refractivity contribution in [2.45, 2.75) is 13.8 Å². The standard InChI is InChI=1S/C16H13Cl2N5O2/c1-8-6-12(15(24)22-14-10(17)4-3-5-11(14)18)20-16(19-8)21-13-7-9(2)25-23-13/h3-7H,1-2H3,(H,22,24)(H,19,20,21,23). The summed E-state index contributed by atoms with van der Waals surface area (Å²) in [6, 6.07) is 8.20. The molecule has 25 heavy (non-hydrogen) atoms. The van der Waals surface area contributed by atoms with Crippen LogP contribution in [0.15, 0.2) is 34.9 Å². The second-order valence-electron chi connectivity index (χ2n) is 5.22. The number of hydrogen-bond donors (Lipinski definition) is 2. The molecule has 0 fully saturated rings. The van der Waals surface area contributed by atoms with Gasteiger partial charge in [-0.25, -0.2) is 9.97 Å². The highest BCUT2D eigenvalue weighted by Gasteiger charge is 2.15. The van der Waals surface area contributed by atoms with Crippen LogP contribution in [0.2, 0.25) is 10.0 Å². The zero-order chi connectivity index (χ0) is 18.0. The van der Waals surface area contributed by atoms with E-state index >= 15 is 0 Å². The Morgan fingerprint density at radius 3 is 2.48 bits per heavy atom. The molecule has 0 saturated carbocycles. The zero-order valence-electron chi connectivity index (χ0n) is 13.3. The largest absolute Gasteiger partial charge is 0.360 e. The van der Waals surface area contributed by atoms with Crippen molar-refractivity contribution in [1.82, 2.24) is 15.1 Å². The minimum Gasteiger partial charge on any atom is -0.360 e. The van der Waals surface area contributed by atoms with Gasteiger partial charge in [0.05, 0.1) is 15.7 Å². The fourth-order valence-corrected chi connectivity index (χ4v) is 2.57. The van der Waals surface area contributed by atoms with Gasteiger partial charge in [-0.2, -0.15) is 0 Å².